The molecule has 0 radical (unpaired) electrons. The Hall–Kier alpha value is -4.38. The average Bonchev–Trinajstić information content (AvgIpc) is 2.86. The largest absolute Gasteiger partial charge is 0.496 e. The Morgan fingerprint density at radius 2 is 1.50 bits per heavy atom. The van der Waals surface area contributed by atoms with Crippen molar-refractivity contribution in [1.29, 1.82) is 0 Å². The molecule has 0 aliphatic rings. The fourth-order valence-corrected chi connectivity index (χ4v) is 4.34. The standard InChI is InChI=1S/C25H26N2O8S/c1-32-17-13-23(34-3)19(24(14-17)35-4)9-10-36(30,31)27-16-6-8-22(33-2)21(12-16)20-11-15(26)5-7-18(20)25(28)29/h5-14,27H,26H2,1-4H3,(H,28,29). The summed E-state index contributed by atoms with van der Waals surface area (Å²) >= 11 is 0. The summed E-state index contributed by atoms with van der Waals surface area (Å²) in [5, 5.41) is 10.6. The number of hydrogen-bond acceptors (Lipinski definition) is 8. The molecule has 0 atom stereocenters. The highest BCUT2D eigenvalue weighted by molar-refractivity contribution is 7.95. The van der Waals surface area contributed by atoms with Gasteiger partial charge in [-0.25, -0.2) is 13.2 Å². The zero-order valence-electron chi connectivity index (χ0n) is 20.1. The highest BCUT2D eigenvalue weighted by Gasteiger charge is 2.18. The van der Waals surface area contributed by atoms with Crippen LogP contribution in [0, 0.1) is 0 Å². The van der Waals surface area contributed by atoms with E-state index in [1.165, 1.54) is 70.9 Å². The second-order valence-corrected chi connectivity index (χ2v) is 8.99. The Morgan fingerprint density at radius 1 is 0.861 bits per heavy atom. The van der Waals surface area contributed by atoms with Crippen molar-refractivity contribution < 1.29 is 37.3 Å². The molecule has 0 aromatic heterocycles. The molecule has 0 aliphatic carbocycles. The maximum Gasteiger partial charge on any atom is 0.336 e. The van der Waals surface area contributed by atoms with Gasteiger partial charge in [-0.05, 0) is 42.5 Å². The molecule has 10 nitrogen and oxygen atoms in total. The van der Waals surface area contributed by atoms with E-state index in [0.29, 0.717) is 39.8 Å². The highest BCUT2D eigenvalue weighted by atomic mass is 32.2. The van der Waals surface area contributed by atoms with Crippen molar-refractivity contribution in [2.75, 3.05) is 38.9 Å². The van der Waals surface area contributed by atoms with Gasteiger partial charge in [0.15, 0.2) is 0 Å². The molecule has 0 heterocycles. The van der Waals surface area contributed by atoms with Crippen LogP contribution in [0.15, 0.2) is 53.9 Å². The van der Waals surface area contributed by atoms with E-state index < -0.39 is 16.0 Å². The Kier molecular flexibility index (Phi) is 7.95. The lowest BCUT2D eigenvalue weighted by atomic mass is 9.97. The summed E-state index contributed by atoms with van der Waals surface area (Å²) in [5.74, 6) is 0.368. The van der Waals surface area contributed by atoms with E-state index in [-0.39, 0.29) is 16.8 Å². The first kappa shape index (κ1) is 26.2. The number of ether oxygens (including phenoxy) is 4. The summed E-state index contributed by atoms with van der Waals surface area (Å²) in [5.41, 5.74) is 7.41. The number of carboxylic acids is 1. The lowest BCUT2D eigenvalue weighted by molar-refractivity contribution is 0.0697. The van der Waals surface area contributed by atoms with Crippen LogP contribution in [-0.2, 0) is 10.0 Å². The summed E-state index contributed by atoms with van der Waals surface area (Å²) in [4.78, 5) is 11.8. The number of sulfonamides is 1. The number of carboxylic acid groups (broad SMARTS) is 1. The lowest BCUT2D eigenvalue weighted by Crippen LogP contribution is -2.09. The predicted molar refractivity (Wildman–Crippen MR) is 137 cm³/mol. The number of rotatable bonds is 10. The molecule has 0 bridgehead atoms. The number of nitrogens with one attached hydrogen (secondary N) is 1. The molecule has 3 rings (SSSR count). The van der Waals surface area contributed by atoms with Crippen molar-refractivity contribution in [3.63, 3.8) is 0 Å². The molecule has 0 fully saturated rings. The number of nitrogens with two attached hydrogens (primary N) is 1. The van der Waals surface area contributed by atoms with Crippen molar-refractivity contribution in [2.45, 2.75) is 0 Å². The Labute approximate surface area is 208 Å². The summed E-state index contributed by atoms with van der Waals surface area (Å²) in [7, 11) is 1.80. The molecule has 0 saturated carbocycles. The van der Waals surface area contributed by atoms with E-state index in [2.05, 4.69) is 4.72 Å². The van der Waals surface area contributed by atoms with Gasteiger partial charge in [-0.2, -0.15) is 0 Å². The summed E-state index contributed by atoms with van der Waals surface area (Å²) < 4.78 is 49.5. The number of aromatic carboxylic acids is 1. The molecular weight excluding hydrogens is 488 g/mol. The molecule has 0 unspecified atom stereocenters. The molecule has 0 saturated heterocycles. The van der Waals surface area contributed by atoms with Gasteiger partial charge in [0.2, 0.25) is 0 Å². The fraction of sp³-hybridized carbons (Fsp3) is 0.160. The van der Waals surface area contributed by atoms with Gasteiger partial charge in [-0.3, -0.25) is 4.72 Å². The molecule has 3 aromatic rings. The first-order valence-corrected chi connectivity index (χ1v) is 12.0. The Bertz CT molecular complexity index is 1390. The second kappa shape index (κ2) is 10.9. The average molecular weight is 515 g/mol. The summed E-state index contributed by atoms with van der Waals surface area (Å²) in [6.45, 7) is 0. The fourth-order valence-electron chi connectivity index (χ4n) is 3.51. The van der Waals surface area contributed by atoms with Crippen LogP contribution in [0.2, 0.25) is 0 Å². The zero-order valence-corrected chi connectivity index (χ0v) is 20.9. The van der Waals surface area contributed by atoms with Gasteiger partial charge in [0.25, 0.3) is 10.0 Å². The molecule has 0 spiro atoms. The van der Waals surface area contributed by atoms with Crippen LogP contribution in [0.3, 0.4) is 0 Å². The minimum absolute atomic E-state index is 0.0129. The van der Waals surface area contributed by atoms with E-state index >= 15 is 0 Å². The Morgan fingerprint density at radius 3 is 2.06 bits per heavy atom. The zero-order chi connectivity index (χ0) is 26.5. The maximum atomic E-state index is 12.9. The number of carbonyl (C=O) groups is 1. The first-order valence-electron chi connectivity index (χ1n) is 10.4. The van der Waals surface area contributed by atoms with Gasteiger partial charge in [-0.1, -0.05) is 0 Å². The smallest absolute Gasteiger partial charge is 0.336 e. The first-order chi connectivity index (χ1) is 17.1. The number of anilines is 2. The minimum atomic E-state index is -4.01. The molecule has 190 valence electrons. The van der Waals surface area contributed by atoms with Crippen molar-refractivity contribution >= 4 is 33.4 Å². The van der Waals surface area contributed by atoms with Crippen molar-refractivity contribution in [1.82, 2.24) is 0 Å². The third-order valence-corrected chi connectivity index (χ3v) is 6.21. The van der Waals surface area contributed by atoms with E-state index in [0.717, 1.165) is 5.41 Å². The minimum Gasteiger partial charge on any atom is -0.496 e. The summed E-state index contributed by atoms with van der Waals surface area (Å²) in [6.07, 6.45) is 1.34. The van der Waals surface area contributed by atoms with Gasteiger partial charge >= 0.3 is 5.97 Å². The van der Waals surface area contributed by atoms with E-state index in [4.69, 9.17) is 24.7 Å². The number of nitrogen functional groups attached to an aromatic ring is 1. The van der Waals surface area contributed by atoms with E-state index in [1.54, 1.807) is 12.1 Å². The van der Waals surface area contributed by atoms with Crippen LogP contribution >= 0.6 is 0 Å². The SMILES string of the molecule is COc1cc(OC)c(C=CS(=O)(=O)Nc2ccc(OC)c(-c3cc(N)ccc3C(=O)O)c2)c(OC)c1. The van der Waals surface area contributed by atoms with E-state index in [1.807, 2.05) is 0 Å². The molecular formula is C25H26N2O8S. The summed E-state index contributed by atoms with van der Waals surface area (Å²) in [6, 6.07) is 12.0. The molecule has 0 aliphatic heterocycles. The molecule has 3 aromatic carbocycles. The van der Waals surface area contributed by atoms with Gasteiger partial charge in [0, 0.05) is 34.6 Å². The van der Waals surface area contributed by atoms with Crippen molar-refractivity contribution in [3.8, 4) is 34.1 Å². The van der Waals surface area contributed by atoms with Crippen LogP contribution in [0.1, 0.15) is 15.9 Å². The molecule has 4 N–H and O–H groups in total. The van der Waals surface area contributed by atoms with Gasteiger partial charge in [0.1, 0.15) is 23.0 Å². The van der Waals surface area contributed by atoms with Crippen LogP contribution in [0.4, 0.5) is 11.4 Å². The predicted octanol–water partition coefficient (Wildman–Crippen LogP) is 4.08. The van der Waals surface area contributed by atoms with Crippen LogP contribution in [0.5, 0.6) is 23.0 Å². The number of benzene rings is 3. The quantitative estimate of drug-likeness (QED) is 0.341. The molecule has 11 heteroatoms. The van der Waals surface area contributed by atoms with Gasteiger partial charge < -0.3 is 29.8 Å². The second-order valence-electron chi connectivity index (χ2n) is 7.42. The lowest BCUT2D eigenvalue weighted by Gasteiger charge is -2.14. The van der Waals surface area contributed by atoms with Crippen molar-refractivity contribution in [2.24, 2.45) is 0 Å². The molecule has 0 amide bonds. The molecule has 36 heavy (non-hydrogen) atoms. The van der Waals surface area contributed by atoms with E-state index in [9.17, 15) is 18.3 Å². The van der Waals surface area contributed by atoms with Crippen molar-refractivity contribution in [3.05, 3.63) is 65.1 Å². The monoisotopic (exact) mass is 514 g/mol. The van der Waals surface area contributed by atoms with Crippen LogP contribution in [0.25, 0.3) is 17.2 Å². The maximum absolute atomic E-state index is 12.9. The van der Waals surface area contributed by atoms with Crippen LogP contribution in [-0.4, -0.2) is 47.9 Å². The number of hydrogen-bond donors (Lipinski definition) is 3. The van der Waals surface area contributed by atoms with Gasteiger partial charge in [0.05, 0.1) is 45.0 Å². The highest BCUT2D eigenvalue weighted by Crippen LogP contribution is 2.37. The topological polar surface area (TPSA) is 146 Å². The number of methoxy groups -OCH3 is 4. The third-order valence-electron chi connectivity index (χ3n) is 5.19. The van der Waals surface area contributed by atoms with Crippen LogP contribution < -0.4 is 29.4 Å². The normalized spacial score (nSPS) is 11.2. The van der Waals surface area contributed by atoms with Gasteiger partial charge in [-0.15, -0.1) is 0 Å². The Balaban J connectivity index is 2.00. The third kappa shape index (κ3) is 5.81.